The van der Waals surface area contributed by atoms with Gasteiger partial charge in [0.25, 0.3) is 0 Å². The molecule has 0 saturated heterocycles. The van der Waals surface area contributed by atoms with E-state index in [-0.39, 0.29) is 11.6 Å². The standard InChI is InChI=1S/C15H19FOS/c1-2-3-4-5-6-7-14(17)12-18-15-10-8-13(16)9-11-15/h2,8-11H,1,3-7,12H2. The molecule has 0 bridgehead atoms. The summed E-state index contributed by atoms with van der Waals surface area (Å²) in [6, 6.07) is 6.25. The van der Waals surface area contributed by atoms with Gasteiger partial charge in [0.15, 0.2) is 0 Å². The Labute approximate surface area is 112 Å². The lowest BCUT2D eigenvalue weighted by Crippen LogP contribution is -2.00. The molecule has 0 atom stereocenters. The van der Waals surface area contributed by atoms with Crippen LogP contribution in [0, 0.1) is 5.82 Å². The zero-order chi connectivity index (χ0) is 13.2. The topological polar surface area (TPSA) is 17.1 Å². The van der Waals surface area contributed by atoms with E-state index in [2.05, 4.69) is 6.58 Å². The first kappa shape index (κ1) is 15.0. The van der Waals surface area contributed by atoms with E-state index in [1.165, 1.54) is 23.9 Å². The van der Waals surface area contributed by atoms with Crippen LogP contribution in [0.3, 0.4) is 0 Å². The van der Waals surface area contributed by atoms with Crippen molar-refractivity contribution in [3.63, 3.8) is 0 Å². The van der Waals surface area contributed by atoms with Crippen molar-refractivity contribution >= 4 is 17.5 Å². The highest BCUT2D eigenvalue weighted by Crippen LogP contribution is 2.19. The zero-order valence-corrected chi connectivity index (χ0v) is 11.3. The summed E-state index contributed by atoms with van der Waals surface area (Å²) in [5.74, 6) is 0.503. The zero-order valence-electron chi connectivity index (χ0n) is 10.5. The van der Waals surface area contributed by atoms with E-state index < -0.39 is 0 Å². The number of hydrogen-bond donors (Lipinski definition) is 0. The molecule has 0 aliphatic heterocycles. The third-order valence-electron chi connectivity index (χ3n) is 2.58. The van der Waals surface area contributed by atoms with Gasteiger partial charge in [-0.3, -0.25) is 4.79 Å². The highest BCUT2D eigenvalue weighted by atomic mass is 32.2. The molecule has 1 rings (SSSR count). The van der Waals surface area contributed by atoms with E-state index in [1.807, 2.05) is 6.08 Å². The Balaban J connectivity index is 2.13. The number of Topliss-reactive ketones (excluding diaryl/α,β-unsaturated/α-hetero) is 1. The molecule has 0 spiro atoms. The van der Waals surface area contributed by atoms with Gasteiger partial charge in [0.05, 0.1) is 5.75 Å². The maximum Gasteiger partial charge on any atom is 0.143 e. The number of thioether (sulfide) groups is 1. The van der Waals surface area contributed by atoms with Crippen molar-refractivity contribution in [1.29, 1.82) is 0 Å². The van der Waals surface area contributed by atoms with Crippen molar-refractivity contribution in [3.8, 4) is 0 Å². The molecule has 0 radical (unpaired) electrons. The molecule has 0 heterocycles. The molecule has 0 fully saturated rings. The van der Waals surface area contributed by atoms with Gasteiger partial charge in [-0.2, -0.15) is 0 Å². The number of halogens is 1. The summed E-state index contributed by atoms with van der Waals surface area (Å²) in [6.07, 6.45) is 6.73. The predicted octanol–water partition coefficient (Wildman–Crippen LogP) is 4.62. The number of benzene rings is 1. The molecule has 18 heavy (non-hydrogen) atoms. The average Bonchev–Trinajstić information content (AvgIpc) is 2.38. The predicted molar refractivity (Wildman–Crippen MR) is 75.4 cm³/mol. The van der Waals surface area contributed by atoms with Gasteiger partial charge in [-0.05, 0) is 43.5 Å². The molecule has 1 aromatic rings. The maximum atomic E-state index is 12.7. The van der Waals surface area contributed by atoms with Crippen LogP contribution < -0.4 is 0 Å². The smallest absolute Gasteiger partial charge is 0.143 e. The number of hydrogen-bond acceptors (Lipinski definition) is 2. The fourth-order valence-corrected chi connectivity index (χ4v) is 2.35. The fourth-order valence-electron chi connectivity index (χ4n) is 1.55. The highest BCUT2D eigenvalue weighted by molar-refractivity contribution is 8.00. The lowest BCUT2D eigenvalue weighted by molar-refractivity contribution is -0.116. The lowest BCUT2D eigenvalue weighted by Gasteiger charge is -2.01. The minimum atomic E-state index is -0.243. The normalized spacial score (nSPS) is 10.3. The monoisotopic (exact) mass is 266 g/mol. The molecule has 0 aliphatic rings. The lowest BCUT2D eigenvalue weighted by atomic mass is 10.1. The molecule has 0 aromatic heterocycles. The van der Waals surface area contributed by atoms with Gasteiger partial charge in [0.1, 0.15) is 11.6 Å². The number of ketones is 1. The van der Waals surface area contributed by atoms with Gasteiger partial charge >= 0.3 is 0 Å². The minimum Gasteiger partial charge on any atom is -0.299 e. The van der Waals surface area contributed by atoms with Gasteiger partial charge in [0, 0.05) is 11.3 Å². The highest BCUT2D eigenvalue weighted by Gasteiger charge is 2.03. The summed E-state index contributed by atoms with van der Waals surface area (Å²) < 4.78 is 12.7. The number of allylic oxidation sites excluding steroid dienone is 1. The van der Waals surface area contributed by atoms with Gasteiger partial charge in [-0.15, -0.1) is 18.3 Å². The Morgan fingerprint density at radius 2 is 1.94 bits per heavy atom. The van der Waals surface area contributed by atoms with E-state index in [0.717, 1.165) is 30.6 Å². The van der Waals surface area contributed by atoms with Crippen LogP contribution in [0.2, 0.25) is 0 Å². The first-order chi connectivity index (χ1) is 8.72. The summed E-state index contributed by atoms with van der Waals surface area (Å²) in [5.41, 5.74) is 0. The van der Waals surface area contributed by atoms with Crippen LogP contribution in [-0.2, 0) is 4.79 Å². The number of unbranched alkanes of at least 4 members (excludes halogenated alkanes) is 3. The Morgan fingerprint density at radius 3 is 2.61 bits per heavy atom. The maximum absolute atomic E-state index is 12.7. The van der Waals surface area contributed by atoms with Crippen molar-refractivity contribution in [2.24, 2.45) is 0 Å². The van der Waals surface area contributed by atoms with Crippen molar-refractivity contribution in [2.45, 2.75) is 37.0 Å². The second-order valence-corrected chi connectivity index (χ2v) is 5.22. The Hall–Kier alpha value is -1.09. The molecule has 3 heteroatoms. The third-order valence-corrected chi connectivity index (χ3v) is 3.65. The SMILES string of the molecule is C=CCCCCCC(=O)CSc1ccc(F)cc1. The van der Waals surface area contributed by atoms with Crippen LogP contribution in [0.15, 0.2) is 41.8 Å². The van der Waals surface area contributed by atoms with Crippen LogP contribution in [0.25, 0.3) is 0 Å². The molecule has 98 valence electrons. The second kappa shape index (κ2) is 8.92. The van der Waals surface area contributed by atoms with Gasteiger partial charge in [0.2, 0.25) is 0 Å². The van der Waals surface area contributed by atoms with Crippen molar-refractivity contribution in [3.05, 3.63) is 42.7 Å². The Bertz CT molecular complexity index is 373. The second-order valence-electron chi connectivity index (χ2n) is 4.17. The Kier molecular flexibility index (Phi) is 7.42. The molecular formula is C15H19FOS. The molecule has 0 saturated carbocycles. The summed E-state index contributed by atoms with van der Waals surface area (Å²) in [5, 5.41) is 0. The molecule has 0 aliphatic carbocycles. The first-order valence-electron chi connectivity index (χ1n) is 6.23. The largest absolute Gasteiger partial charge is 0.299 e. The van der Waals surface area contributed by atoms with Crippen LogP contribution >= 0.6 is 11.8 Å². The Morgan fingerprint density at radius 1 is 1.22 bits per heavy atom. The molecule has 0 unspecified atom stereocenters. The summed E-state index contributed by atoms with van der Waals surface area (Å²) in [7, 11) is 0. The molecule has 0 amide bonds. The first-order valence-corrected chi connectivity index (χ1v) is 7.22. The summed E-state index contributed by atoms with van der Waals surface area (Å²) in [4.78, 5) is 12.5. The minimum absolute atomic E-state index is 0.243. The average molecular weight is 266 g/mol. The van der Waals surface area contributed by atoms with Gasteiger partial charge in [-0.1, -0.05) is 12.5 Å². The van der Waals surface area contributed by atoms with Crippen LogP contribution in [0.5, 0.6) is 0 Å². The fraction of sp³-hybridized carbons (Fsp3) is 0.400. The van der Waals surface area contributed by atoms with E-state index in [0.29, 0.717) is 12.2 Å². The van der Waals surface area contributed by atoms with Gasteiger partial charge in [-0.25, -0.2) is 4.39 Å². The number of carbonyl (C=O) groups is 1. The van der Waals surface area contributed by atoms with Crippen LogP contribution in [0.4, 0.5) is 4.39 Å². The molecular weight excluding hydrogens is 247 g/mol. The van der Waals surface area contributed by atoms with E-state index in [4.69, 9.17) is 0 Å². The third kappa shape index (κ3) is 6.60. The van der Waals surface area contributed by atoms with Crippen LogP contribution in [0.1, 0.15) is 32.1 Å². The van der Waals surface area contributed by atoms with E-state index >= 15 is 0 Å². The number of carbonyl (C=O) groups excluding carboxylic acids is 1. The van der Waals surface area contributed by atoms with Crippen molar-refractivity contribution < 1.29 is 9.18 Å². The quantitative estimate of drug-likeness (QED) is 0.368. The van der Waals surface area contributed by atoms with Gasteiger partial charge < -0.3 is 0 Å². The molecule has 1 nitrogen and oxygen atoms in total. The van der Waals surface area contributed by atoms with E-state index in [9.17, 15) is 9.18 Å². The molecule has 0 N–H and O–H groups in total. The summed E-state index contributed by atoms with van der Waals surface area (Å²) in [6.45, 7) is 3.67. The number of rotatable bonds is 9. The van der Waals surface area contributed by atoms with Crippen molar-refractivity contribution in [2.75, 3.05) is 5.75 Å². The van der Waals surface area contributed by atoms with Crippen LogP contribution in [-0.4, -0.2) is 11.5 Å². The van der Waals surface area contributed by atoms with E-state index in [1.54, 1.807) is 12.1 Å². The molecule has 1 aromatic carbocycles. The van der Waals surface area contributed by atoms with Crippen molar-refractivity contribution in [1.82, 2.24) is 0 Å². The summed E-state index contributed by atoms with van der Waals surface area (Å²) >= 11 is 1.47.